The zero-order valence-corrected chi connectivity index (χ0v) is 28.6. The van der Waals surface area contributed by atoms with E-state index in [1.807, 2.05) is 137 Å². The summed E-state index contributed by atoms with van der Waals surface area (Å²) in [5.41, 5.74) is 4.71. The van der Waals surface area contributed by atoms with Gasteiger partial charge in [0.15, 0.2) is 0 Å². The molecule has 0 saturated heterocycles. The van der Waals surface area contributed by atoms with Crippen molar-refractivity contribution in [3.63, 3.8) is 0 Å². The first-order valence-electron chi connectivity index (χ1n) is 15.0. The van der Waals surface area contributed by atoms with Crippen LogP contribution in [0.25, 0.3) is 0 Å². The van der Waals surface area contributed by atoms with Crippen LogP contribution in [-0.2, 0) is 21.7 Å². The summed E-state index contributed by atoms with van der Waals surface area (Å²) in [7, 11) is 0. The van der Waals surface area contributed by atoms with Gasteiger partial charge in [0.25, 0.3) is 0 Å². The second-order valence-electron chi connectivity index (χ2n) is 10.1. The number of nitrogens with zero attached hydrogens (tertiary/aromatic N) is 2. The van der Waals surface area contributed by atoms with Crippen LogP contribution in [0.4, 0.5) is 40.3 Å². The predicted octanol–water partition coefficient (Wildman–Crippen LogP) is 11.3. The number of halogens is 4. The Kier molecular flexibility index (Phi) is 17.1. The molecule has 0 bridgehead atoms. The number of benzene rings is 4. The Hall–Kier alpha value is -4.39. The maximum atomic E-state index is 13.7. The van der Waals surface area contributed by atoms with E-state index >= 15 is 0 Å². The van der Waals surface area contributed by atoms with Crippen LogP contribution < -0.4 is 9.80 Å². The molecular weight excluding hydrogens is 632 g/mol. The average Bonchev–Trinajstić information content (AvgIpc) is 3.83. The molecule has 0 fully saturated rings. The van der Waals surface area contributed by atoms with Crippen molar-refractivity contribution >= 4 is 22.7 Å². The van der Waals surface area contributed by atoms with E-state index in [1.54, 1.807) is 9.80 Å². The van der Waals surface area contributed by atoms with Crippen LogP contribution in [0.3, 0.4) is 0 Å². The fourth-order valence-corrected chi connectivity index (χ4v) is 4.36. The summed E-state index contributed by atoms with van der Waals surface area (Å²) >= 11 is 0. The average molecular weight is 671 g/mol. The van der Waals surface area contributed by atoms with Gasteiger partial charge in [0, 0.05) is 47.7 Å². The summed E-state index contributed by atoms with van der Waals surface area (Å²) in [5.74, 6) is -2.71. The quantitative estimate of drug-likeness (QED) is 0.0989. The normalized spacial score (nSPS) is 9.70. The third-order valence-corrected chi connectivity index (χ3v) is 6.70. The molecule has 0 spiro atoms. The number of aryl methyl sites for hydroxylation is 2. The topological polar surface area (TPSA) is 6.48 Å². The zero-order chi connectivity index (χ0) is 33.3. The molecule has 0 aliphatic carbocycles. The first kappa shape index (κ1) is 38.8. The van der Waals surface area contributed by atoms with Crippen LogP contribution in [0, 0.1) is 49.2 Å². The zero-order valence-electron chi connectivity index (χ0n) is 27.0. The number of anilines is 4. The van der Waals surface area contributed by atoms with Crippen LogP contribution in [0.2, 0.25) is 0 Å². The summed E-state index contributed by atoms with van der Waals surface area (Å²) in [5, 5.41) is 0. The molecule has 6 aromatic carbocycles. The third-order valence-electron chi connectivity index (χ3n) is 6.70. The Morgan fingerprint density at radius 3 is 1.06 bits per heavy atom. The minimum atomic E-state index is -0.684. The number of hydrogen-bond acceptors (Lipinski definition) is 2. The van der Waals surface area contributed by atoms with E-state index in [0.717, 1.165) is 22.5 Å². The summed E-state index contributed by atoms with van der Waals surface area (Å²) < 4.78 is 53.1. The standard InChI is InChI=1S/2C15H14F2N.2C5H5.Ti/c2*1-3-18(13-7-4-11(2)5-8-13)15-9-6-12(16)10-14(15)17;2*1-2-4-5-3-1;/h2*4-9H,3H2,1-2H3;2*1-5H;/q4*-1;+4. The van der Waals surface area contributed by atoms with Crippen LogP contribution in [0.1, 0.15) is 25.0 Å². The molecule has 0 radical (unpaired) electrons. The second kappa shape index (κ2) is 20.7. The van der Waals surface area contributed by atoms with Crippen molar-refractivity contribution in [2.75, 3.05) is 22.9 Å². The second-order valence-corrected chi connectivity index (χ2v) is 10.1. The van der Waals surface area contributed by atoms with Gasteiger partial charge in [0.05, 0.1) is 0 Å². The molecule has 7 heteroatoms. The maximum absolute atomic E-state index is 13.7. The molecule has 0 unspecified atom stereocenters. The van der Waals surface area contributed by atoms with Gasteiger partial charge >= 0.3 is 21.7 Å². The molecule has 0 aliphatic rings. The molecule has 0 atom stereocenters. The summed E-state index contributed by atoms with van der Waals surface area (Å²) in [4.78, 5) is 3.56. The molecule has 0 aromatic heterocycles. The van der Waals surface area contributed by atoms with Gasteiger partial charge in [-0.15, -0.1) is 36.4 Å². The maximum Gasteiger partial charge on any atom is 4.00 e. The number of rotatable bonds is 6. The van der Waals surface area contributed by atoms with Gasteiger partial charge in [0.1, 0.15) is 0 Å². The van der Waals surface area contributed by atoms with E-state index in [4.69, 9.17) is 0 Å². The minimum absolute atomic E-state index is 0. The molecule has 240 valence electrons. The van der Waals surface area contributed by atoms with Crippen molar-refractivity contribution in [1.29, 1.82) is 0 Å². The van der Waals surface area contributed by atoms with E-state index in [-0.39, 0.29) is 21.7 Å². The fraction of sp³-hybridized carbons (Fsp3) is 0.150. The summed E-state index contributed by atoms with van der Waals surface area (Å²) in [6, 6.07) is 44.9. The molecule has 47 heavy (non-hydrogen) atoms. The van der Waals surface area contributed by atoms with Gasteiger partial charge in [0.2, 0.25) is 0 Å². The molecule has 0 saturated carbocycles. The van der Waals surface area contributed by atoms with Gasteiger partial charge in [-0.3, -0.25) is 0 Å². The minimum Gasteiger partial charge on any atom is -0.393 e. The van der Waals surface area contributed by atoms with Gasteiger partial charge in [-0.2, -0.15) is 36.4 Å². The molecule has 0 N–H and O–H groups in total. The van der Waals surface area contributed by atoms with Crippen molar-refractivity contribution in [3.8, 4) is 0 Å². The summed E-state index contributed by atoms with van der Waals surface area (Å²) in [6.45, 7) is 9.02. The fourth-order valence-electron chi connectivity index (χ4n) is 4.36. The molecule has 2 nitrogen and oxygen atoms in total. The van der Waals surface area contributed by atoms with Crippen molar-refractivity contribution in [2.45, 2.75) is 27.7 Å². The molecule has 6 aromatic rings. The van der Waals surface area contributed by atoms with Crippen LogP contribution in [0.5, 0.6) is 0 Å². The smallest absolute Gasteiger partial charge is 0.393 e. The van der Waals surface area contributed by atoms with Gasteiger partial charge in [-0.1, -0.05) is 35.4 Å². The predicted molar refractivity (Wildman–Crippen MR) is 182 cm³/mol. The molecule has 0 amide bonds. The Morgan fingerprint density at radius 2 is 0.830 bits per heavy atom. The SMILES string of the molecule is CCN(c1ccc(C)cc1)c1ccc(F)[c-]c1F.CCN(c1ccc(C)cc1)c1ccc(F)[c-]c1F.[Ti+4].c1cc[cH-]c1.c1cc[cH-]c1. The first-order valence-corrected chi connectivity index (χ1v) is 15.0. The van der Waals surface area contributed by atoms with Crippen molar-refractivity contribution in [3.05, 3.63) is 180 Å². The number of hydrogen-bond donors (Lipinski definition) is 0. The Balaban J connectivity index is 0.000000248. The van der Waals surface area contributed by atoms with Gasteiger partial charge in [-0.05, 0) is 63.3 Å². The van der Waals surface area contributed by atoms with E-state index in [2.05, 4.69) is 12.1 Å². The van der Waals surface area contributed by atoms with E-state index in [1.165, 1.54) is 24.3 Å². The first-order chi connectivity index (χ1) is 22.2. The monoisotopic (exact) mass is 670 g/mol. The molecule has 0 aliphatic heterocycles. The van der Waals surface area contributed by atoms with Gasteiger partial charge in [-0.25, -0.2) is 41.8 Å². The Labute approximate surface area is 291 Å². The van der Waals surface area contributed by atoms with Crippen LogP contribution in [0.15, 0.2) is 133 Å². The van der Waals surface area contributed by atoms with Crippen molar-refractivity contribution in [2.24, 2.45) is 0 Å². The van der Waals surface area contributed by atoms with Crippen molar-refractivity contribution in [1.82, 2.24) is 0 Å². The summed E-state index contributed by atoms with van der Waals surface area (Å²) in [6.07, 6.45) is 0. The molecular formula is C40H38F4N2Ti. The van der Waals surface area contributed by atoms with E-state index in [0.29, 0.717) is 24.5 Å². The molecule has 6 rings (SSSR count). The van der Waals surface area contributed by atoms with E-state index < -0.39 is 23.3 Å². The Bertz CT molecular complexity index is 1510. The third kappa shape index (κ3) is 12.7. The van der Waals surface area contributed by atoms with Crippen LogP contribution in [-0.4, -0.2) is 13.1 Å². The van der Waals surface area contributed by atoms with Crippen molar-refractivity contribution < 1.29 is 39.3 Å². The van der Waals surface area contributed by atoms with Gasteiger partial charge < -0.3 is 9.80 Å². The Morgan fingerprint density at radius 1 is 0.511 bits per heavy atom. The van der Waals surface area contributed by atoms with Crippen LogP contribution >= 0.6 is 0 Å². The molecule has 0 heterocycles. The van der Waals surface area contributed by atoms with E-state index in [9.17, 15) is 17.6 Å². The largest absolute Gasteiger partial charge is 4.00 e.